The molecule has 3 N–H and O–H groups in total. The van der Waals surface area contributed by atoms with Gasteiger partial charge in [-0.25, -0.2) is 4.57 Å². The average Bonchev–Trinajstić information content (AvgIpc) is 2.76. The van der Waals surface area contributed by atoms with E-state index in [0.29, 0.717) is 5.69 Å². The van der Waals surface area contributed by atoms with Gasteiger partial charge < -0.3 is 9.84 Å². The average molecular weight is 417 g/mol. The lowest BCUT2D eigenvalue weighted by molar-refractivity contribution is 0.284. The second-order valence-electron chi connectivity index (χ2n) is 6.67. The van der Waals surface area contributed by atoms with Crippen LogP contribution in [0.2, 0.25) is 0 Å². The minimum absolute atomic E-state index is 0.0747. The number of nitrogens with one attached hydrogen (secondary N) is 1. The summed E-state index contributed by atoms with van der Waals surface area (Å²) in [6, 6.07) is 32.4. The standard InChI is InChI=1S/C24H20NO4P/c26-30(27,28)29-22-17-16-21(18-10-4-1-5-11-18)23(19-12-6-2-7-13-19)24(22)25-20-14-8-3-9-15-20/h1-17,25H,(H2,26,27,28). The first kappa shape index (κ1) is 19.9. The summed E-state index contributed by atoms with van der Waals surface area (Å²) >= 11 is 0. The molecule has 0 saturated carbocycles. The van der Waals surface area contributed by atoms with Crippen molar-refractivity contribution in [3.8, 4) is 28.0 Å². The molecule has 0 bridgehead atoms. The maximum atomic E-state index is 11.7. The molecule has 6 heteroatoms. The van der Waals surface area contributed by atoms with Crippen molar-refractivity contribution >= 4 is 19.2 Å². The first-order chi connectivity index (χ1) is 14.5. The molecule has 0 radical (unpaired) electrons. The van der Waals surface area contributed by atoms with Gasteiger partial charge in [0.15, 0.2) is 5.75 Å². The highest BCUT2D eigenvalue weighted by Gasteiger charge is 2.23. The molecule has 0 aliphatic rings. The Morgan fingerprint density at radius 2 is 1.20 bits per heavy atom. The Labute approximate surface area is 174 Å². The fourth-order valence-electron chi connectivity index (χ4n) is 3.34. The van der Waals surface area contributed by atoms with Gasteiger partial charge in [0, 0.05) is 11.3 Å². The van der Waals surface area contributed by atoms with E-state index in [0.717, 1.165) is 27.9 Å². The minimum atomic E-state index is -4.76. The summed E-state index contributed by atoms with van der Waals surface area (Å²) in [6.07, 6.45) is 0. The minimum Gasteiger partial charge on any atom is -0.402 e. The van der Waals surface area contributed by atoms with Gasteiger partial charge in [-0.15, -0.1) is 0 Å². The summed E-state index contributed by atoms with van der Waals surface area (Å²) in [5, 5.41) is 3.30. The predicted octanol–water partition coefficient (Wildman–Crippen LogP) is 6.24. The third-order valence-electron chi connectivity index (χ3n) is 4.57. The van der Waals surface area contributed by atoms with Crippen LogP contribution in [0.5, 0.6) is 5.75 Å². The van der Waals surface area contributed by atoms with Gasteiger partial charge in [0.25, 0.3) is 0 Å². The molecule has 0 heterocycles. The molecule has 4 rings (SSSR count). The van der Waals surface area contributed by atoms with E-state index in [2.05, 4.69) is 5.32 Å². The maximum absolute atomic E-state index is 11.7. The molecule has 0 amide bonds. The molecule has 0 saturated heterocycles. The van der Waals surface area contributed by atoms with Crippen LogP contribution >= 0.6 is 7.82 Å². The van der Waals surface area contributed by atoms with Gasteiger partial charge in [0.05, 0.1) is 5.69 Å². The number of hydrogen-bond acceptors (Lipinski definition) is 3. The molecule has 0 unspecified atom stereocenters. The Kier molecular flexibility index (Phi) is 5.68. The van der Waals surface area contributed by atoms with Crippen molar-refractivity contribution in [1.82, 2.24) is 0 Å². The molecule has 4 aromatic carbocycles. The Balaban J connectivity index is 2.00. The molecular weight excluding hydrogens is 397 g/mol. The van der Waals surface area contributed by atoms with Gasteiger partial charge in [0.1, 0.15) is 0 Å². The molecule has 0 aromatic heterocycles. The third kappa shape index (κ3) is 4.61. The Morgan fingerprint density at radius 3 is 1.77 bits per heavy atom. The lowest BCUT2D eigenvalue weighted by Crippen LogP contribution is -2.01. The topological polar surface area (TPSA) is 78.8 Å². The van der Waals surface area contributed by atoms with Crippen LogP contribution < -0.4 is 9.84 Å². The van der Waals surface area contributed by atoms with Crippen LogP contribution in [-0.2, 0) is 4.57 Å². The summed E-state index contributed by atoms with van der Waals surface area (Å²) in [7, 11) is -4.76. The quantitative estimate of drug-likeness (QED) is 0.324. The van der Waals surface area contributed by atoms with Crippen LogP contribution in [0.25, 0.3) is 22.3 Å². The molecule has 4 aromatic rings. The lowest BCUT2D eigenvalue weighted by atomic mass is 9.92. The molecule has 150 valence electrons. The normalized spacial score (nSPS) is 11.1. The highest BCUT2D eigenvalue weighted by molar-refractivity contribution is 7.46. The molecule has 0 fully saturated rings. The smallest absolute Gasteiger partial charge is 0.402 e. The summed E-state index contributed by atoms with van der Waals surface area (Å²) in [6.45, 7) is 0. The maximum Gasteiger partial charge on any atom is 0.524 e. The van der Waals surface area contributed by atoms with Crippen LogP contribution in [0.15, 0.2) is 103 Å². The van der Waals surface area contributed by atoms with Crippen LogP contribution in [0.1, 0.15) is 0 Å². The van der Waals surface area contributed by atoms with E-state index >= 15 is 0 Å². The fraction of sp³-hybridized carbons (Fsp3) is 0. The molecule has 0 aliphatic carbocycles. The number of anilines is 2. The van der Waals surface area contributed by atoms with E-state index in [9.17, 15) is 14.4 Å². The van der Waals surface area contributed by atoms with Gasteiger partial charge in [-0.3, -0.25) is 9.79 Å². The van der Waals surface area contributed by atoms with E-state index in [1.165, 1.54) is 0 Å². The first-order valence-corrected chi connectivity index (χ1v) is 10.9. The van der Waals surface area contributed by atoms with Gasteiger partial charge in [0.2, 0.25) is 0 Å². The summed E-state index contributed by atoms with van der Waals surface area (Å²) in [5.41, 5.74) is 4.84. The van der Waals surface area contributed by atoms with Crippen molar-refractivity contribution in [3.63, 3.8) is 0 Å². The van der Waals surface area contributed by atoms with Crippen LogP contribution in [0.3, 0.4) is 0 Å². The van der Waals surface area contributed by atoms with Gasteiger partial charge >= 0.3 is 7.82 Å². The van der Waals surface area contributed by atoms with Crippen molar-refractivity contribution in [2.45, 2.75) is 0 Å². The number of rotatable bonds is 6. The molecule has 0 aliphatic heterocycles. The van der Waals surface area contributed by atoms with Crippen LogP contribution in [-0.4, -0.2) is 9.79 Å². The highest BCUT2D eigenvalue weighted by atomic mass is 31.2. The van der Waals surface area contributed by atoms with E-state index < -0.39 is 7.82 Å². The number of phosphoric ester groups is 1. The van der Waals surface area contributed by atoms with Crippen molar-refractivity contribution in [3.05, 3.63) is 103 Å². The second-order valence-corrected chi connectivity index (χ2v) is 7.83. The zero-order chi connectivity index (χ0) is 21.0. The van der Waals surface area contributed by atoms with E-state index in [4.69, 9.17) is 4.52 Å². The zero-order valence-electron chi connectivity index (χ0n) is 16.0. The Bertz CT molecular complexity index is 1180. The van der Waals surface area contributed by atoms with Crippen molar-refractivity contribution < 1.29 is 18.9 Å². The Morgan fingerprint density at radius 1 is 0.667 bits per heavy atom. The van der Waals surface area contributed by atoms with E-state index in [1.807, 2.05) is 97.1 Å². The summed E-state index contributed by atoms with van der Waals surface area (Å²) in [4.78, 5) is 18.9. The Hall–Kier alpha value is -3.37. The van der Waals surface area contributed by atoms with Crippen molar-refractivity contribution in [1.29, 1.82) is 0 Å². The van der Waals surface area contributed by atoms with E-state index in [1.54, 1.807) is 6.07 Å². The highest BCUT2D eigenvalue weighted by Crippen LogP contribution is 2.48. The SMILES string of the molecule is O=P(O)(O)Oc1ccc(-c2ccccc2)c(-c2ccccc2)c1Nc1ccccc1. The molecule has 5 nitrogen and oxygen atoms in total. The van der Waals surface area contributed by atoms with Gasteiger partial charge in [-0.1, -0.05) is 78.9 Å². The summed E-state index contributed by atoms with van der Waals surface area (Å²) in [5.74, 6) is 0.0747. The van der Waals surface area contributed by atoms with Gasteiger partial charge in [-0.2, -0.15) is 0 Å². The molecule has 0 spiro atoms. The van der Waals surface area contributed by atoms with Crippen molar-refractivity contribution in [2.75, 3.05) is 5.32 Å². The predicted molar refractivity (Wildman–Crippen MR) is 120 cm³/mol. The largest absolute Gasteiger partial charge is 0.524 e. The van der Waals surface area contributed by atoms with E-state index in [-0.39, 0.29) is 5.75 Å². The zero-order valence-corrected chi connectivity index (χ0v) is 16.9. The van der Waals surface area contributed by atoms with Crippen LogP contribution in [0.4, 0.5) is 11.4 Å². The van der Waals surface area contributed by atoms with Gasteiger partial charge in [-0.05, 0) is 41.0 Å². The first-order valence-electron chi connectivity index (χ1n) is 9.36. The third-order valence-corrected chi connectivity index (χ3v) is 5.01. The second kappa shape index (κ2) is 8.56. The number of para-hydroxylation sites is 1. The summed E-state index contributed by atoms with van der Waals surface area (Å²) < 4.78 is 16.7. The monoisotopic (exact) mass is 417 g/mol. The molecule has 30 heavy (non-hydrogen) atoms. The van der Waals surface area contributed by atoms with Crippen LogP contribution in [0, 0.1) is 0 Å². The molecule has 0 atom stereocenters. The lowest BCUT2D eigenvalue weighted by Gasteiger charge is -2.21. The number of benzene rings is 4. The number of phosphoric acid groups is 1. The van der Waals surface area contributed by atoms with Crippen molar-refractivity contribution in [2.24, 2.45) is 0 Å². The molecular formula is C24H20NO4P. The number of hydrogen-bond donors (Lipinski definition) is 3. The fourth-order valence-corrected chi connectivity index (χ4v) is 3.75.